The highest BCUT2D eigenvalue weighted by atomic mass is 16.1. The topological polar surface area (TPSA) is 41.1 Å². The highest BCUT2D eigenvalue weighted by molar-refractivity contribution is 5.78. The van der Waals surface area contributed by atoms with E-state index in [1.807, 2.05) is 0 Å². The second kappa shape index (κ2) is 6.71. The van der Waals surface area contributed by atoms with E-state index < -0.39 is 0 Å². The largest absolute Gasteiger partial charge is 0.351 e. The Morgan fingerprint density at radius 1 is 1.21 bits per heavy atom. The second-order valence-electron chi connectivity index (χ2n) is 5.85. The molecule has 1 aromatic carbocycles. The van der Waals surface area contributed by atoms with Crippen LogP contribution in [0.3, 0.4) is 0 Å². The normalized spacial score (nSPS) is 14.7. The third-order valence-corrected chi connectivity index (χ3v) is 3.29. The fraction of sp³-hybridized carbons (Fsp3) is 0.562. The molecule has 0 unspecified atom stereocenters. The number of hydrogen-bond donors (Lipinski definition) is 2. The molecule has 0 saturated heterocycles. The van der Waals surface area contributed by atoms with Crippen molar-refractivity contribution in [3.8, 4) is 0 Å². The molecule has 1 amide bonds. The van der Waals surface area contributed by atoms with Crippen molar-refractivity contribution in [1.29, 1.82) is 0 Å². The fourth-order valence-electron chi connectivity index (χ4n) is 2.05. The summed E-state index contributed by atoms with van der Waals surface area (Å²) in [6.45, 7) is 5.51. The summed E-state index contributed by atoms with van der Waals surface area (Å²) in [6.07, 6.45) is 3.53. The van der Waals surface area contributed by atoms with Crippen LogP contribution in [0.1, 0.15) is 37.8 Å². The minimum atomic E-state index is 0.0816. The molecule has 0 atom stereocenters. The van der Waals surface area contributed by atoms with Crippen LogP contribution < -0.4 is 10.6 Å². The first kappa shape index (κ1) is 14.1. The first-order valence-corrected chi connectivity index (χ1v) is 7.21. The molecular weight excluding hydrogens is 236 g/mol. The van der Waals surface area contributed by atoms with Crippen LogP contribution in [0.5, 0.6) is 0 Å². The molecule has 0 aliphatic heterocycles. The summed E-state index contributed by atoms with van der Waals surface area (Å²) < 4.78 is 0. The molecule has 0 aromatic heterocycles. The van der Waals surface area contributed by atoms with Crippen molar-refractivity contribution in [3.05, 3.63) is 35.4 Å². The Hall–Kier alpha value is -1.35. The van der Waals surface area contributed by atoms with Gasteiger partial charge in [0.25, 0.3) is 0 Å². The number of nitrogens with one attached hydrogen (secondary N) is 2. The number of hydrogen-bond acceptors (Lipinski definition) is 2. The van der Waals surface area contributed by atoms with E-state index in [9.17, 15) is 4.79 Å². The van der Waals surface area contributed by atoms with E-state index in [0.29, 0.717) is 25.0 Å². The Morgan fingerprint density at radius 2 is 1.84 bits per heavy atom. The quantitative estimate of drug-likeness (QED) is 0.789. The molecule has 0 radical (unpaired) electrons. The monoisotopic (exact) mass is 260 g/mol. The van der Waals surface area contributed by atoms with Crippen LogP contribution in [0, 0.1) is 5.92 Å². The van der Waals surface area contributed by atoms with E-state index in [1.165, 1.54) is 18.4 Å². The van der Waals surface area contributed by atoms with Crippen LogP contribution in [-0.4, -0.2) is 18.5 Å². The lowest BCUT2D eigenvalue weighted by Crippen LogP contribution is -2.34. The van der Waals surface area contributed by atoms with Crippen molar-refractivity contribution >= 4 is 5.91 Å². The van der Waals surface area contributed by atoms with E-state index in [-0.39, 0.29) is 5.91 Å². The Morgan fingerprint density at radius 3 is 2.42 bits per heavy atom. The Bertz CT molecular complexity index is 407. The van der Waals surface area contributed by atoms with Gasteiger partial charge in [-0.1, -0.05) is 38.1 Å². The van der Waals surface area contributed by atoms with Crippen LogP contribution in [-0.2, 0) is 17.8 Å². The molecule has 0 heterocycles. The van der Waals surface area contributed by atoms with Crippen LogP contribution in [0.4, 0.5) is 0 Å². The molecule has 104 valence electrons. The number of rotatable bonds is 7. The molecule has 0 spiro atoms. The first-order valence-electron chi connectivity index (χ1n) is 7.21. The molecule has 1 fully saturated rings. The summed E-state index contributed by atoms with van der Waals surface area (Å²) in [5.74, 6) is 0.761. The summed E-state index contributed by atoms with van der Waals surface area (Å²) in [6, 6.07) is 9.10. The van der Waals surface area contributed by atoms with Gasteiger partial charge >= 0.3 is 0 Å². The van der Waals surface area contributed by atoms with Crippen LogP contribution in [0.25, 0.3) is 0 Å². The number of amides is 1. The lowest BCUT2D eigenvalue weighted by atomic mass is 10.0. The van der Waals surface area contributed by atoms with Crippen molar-refractivity contribution in [2.24, 2.45) is 5.92 Å². The molecule has 19 heavy (non-hydrogen) atoms. The van der Waals surface area contributed by atoms with Gasteiger partial charge < -0.3 is 10.6 Å². The summed E-state index contributed by atoms with van der Waals surface area (Å²) in [5, 5.41) is 6.15. The zero-order valence-electron chi connectivity index (χ0n) is 11.9. The third-order valence-electron chi connectivity index (χ3n) is 3.29. The lowest BCUT2D eigenvalue weighted by Gasteiger charge is -2.08. The average molecular weight is 260 g/mol. The molecule has 1 aliphatic carbocycles. The van der Waals surface area contributed by atoms with E-state index in [1.54, 1.807) is 0 Å². The Labute approximate surface area is 115 Å². The van der Waals surface area contributed by atoms with Crippen LogP contribution in [0.15, 0.2) is 24.3 Å². The maximum Gasteiger partial charge on any atom is 0.234 e. The molecule has 1 aromatic rings. The van der Waals surface area contributed by atoms with Gasteiger partial charge in [0.2, 0.25) is 5.91 Å². The maximum absolute atomic E-state index is 11.6. The zero-order valence-corrected chi connectivity index (χ0v) is 11.9. The van der Waals surface area contributed by atoms with Gasteiger partial charge in [-0.2, -0.15) is 0 Å². The summed E-state index contributed by atoms with van der Waals surface area (Å²) in [7, 11) is 0. The molecule has 2 rings (SSSR count). The van der Waals surface area contributed by atoms with Gasteiger partial charge in [-0.25, -0.2) is 0 Å². The van der Waals surface area contributed by atoms with Gasteiger partial charge in [-0.3, -0.25) is 4.79 Å². The van der Waals surface area contributed by atoms with Crippen molar-refractivity contribution in [2.45, 2.75) is 45.7 Å². The van der Waals surface area contributed by atoms with Crippen molar-refractivity contribution in [3.63, 3.8) is 0 Å². The minimum Gasteiger partial charge on any atom is -0.351 e. The summed E-state index contributed by atoms with van der Waals surface area (Å²) in [4.78, 5) is 11.6. The van der Waals surface area contributed by atoms with Gasteiger partial charge in [0.15, 0.2) is 0 Å². The Kier molecular flexibility index (Phi) is 4.97. The maximum atomic E-state index is 11.6. The smallest absolute Gasteiger partial charge is 0.234 e. The first-order chi connectivity index (χ1) is 9.13. The molecule has 3 nitrogen and oxygen atoms in total. The molecule has 2 N–H and O–H groups in total. The van der Waals surface area contributed by atoms with Gasteiger partial charge in [0, 0.05) is 12.6 Å². The van der Waals surface area contributed by atoms with Crippen LogP contribution >= 0.6 is 0 Å². The zero-order chi connectivity index (χ0) is 13.7. The van der Waals surface area contributed by atoms with E-state index in [4.69, 9.17) is 0 Å². The number of carbonyl (C=O) groups excluding carboxylic acids is 1. The second-order valence-corrected chi connectivity index (χ2v) is 5.85. The predicted octanol–water partition coefficient (Wildman–Crippen LogP) is 2.25. The average Bonchev–Trinajstić information content (AvgIpc) is 3.19. The van der Waals surface area contributed by atoms with Crippen molar-refractivity contribution in [1.82, 2.24) is 10.6 Å². The lowest BCUT2D eigenvalue weighted by molar-refractivity contribution is -0.120. The molecular formula is C16H24N2O. The van der Waals surface area contributed by atoms with Crippen molar-refractivity contribution < 1.29 is 4.79 Å². The molecule has 1 saturated carbocycles. The molecule has 0 bridgehead atoms. The van der Waals surface area contributed by atoms with Gasteiger partial charge in [0.05, 0.1) is 6.54 Å². The number of benzene rings is 1. The SMILES string of the molecule is CC(C)Cc1ccc(CNC(=O)CNC2CC2)cc1. The fourth-order valence-corrected chi connectivity index (χ4v) is 2.05. The molecule has 3 heteroatoms. The third kappa shape index (κ3) is 5.43. The van der Waals surface area contributed by atoms with Crippen molar-refractivity contribution in [2.75, 3.05) is 6.54 Å². The highest BCUT2D eigenvalue weighted by Crippen LogP contribution is 2.17. The predicted molar refractivity (Wildman–Crippen MR) is 77.9 cm³/mol. The molecule has 1 aliphatic rings. The summed E-state index contributed by atoms with van der Waals surface area (Å²) >= 11 is 0. The van der Waals surface area contributed by atoms with E-state index in [2.05, 4.69) is 48.7 Å². The van der Waals surface area contributed by atoms with Gasteiger partial charge in [0.1, 0.15) is 0 Å². The minimum absolute atomic E-state index is 0.0816. The van der Waals surface area contributed by atoms with Gasteiger partial charge in [-0.05, 0) is 36.3 Å². The summed E-state index contributed by atoms with van der Waals surface area (Å²) in [5.41, 5.74) is 2.52. The van der Waals surface area contributed by atoms with E-state index in [0.717, 1.165) is 12.0 Å². The Balaban J connectivity index is 1.70. The van der Waals surface area contributed by atoms with Crippen LogP contribution in [0.2, 0.25) is 0 Å². The standard InChI is InChI=1S/C16H24N2O/c1-12(2)9-13-3-5-14(6-4-13)10-18-16(19)11-17-15-7-8-15/h3-6,12,15,17H,7-11H2,1-2H3,(H,18,19). The van der Waals surface area contributed by atoms with Gasteiger partial charge in [-0.15, -0.1) is 0 Å². The van der Waals surface area contributed by atoms with E-state index >= 15 is 0 Å². The highest BCUT2D eigenvalue weighted by Gasteiger charge is 2.20. The number of carbonyl (C=O) groups is 1.